The summed E-state index contributed by atoms with van der Waals surface area (Å²) in [6.45, 7) is 6.77. The van der Waals surface area contributed by atoms with E-state index in [2.05, 4.69) is 28.5 Å². The second kappa shape index (κ2) is 6.85. The predicted molar refractivity (Wildman–Crippen MR) is 80.1 cm³/mol. The number of methoxy groups -OCH3 is 1. The van der Waals surface area contributed by atoms with Gasteiger partial charge in [-0.3, -0.25) is 0 Å². The summed E-state index contributed by atoms with van der Waals surface area (Å²) in [4.78, 5) is 4.50. The van der Waals surface area contributed by atoms with Crippen molar-refractivity contribution in [1.29, 1.82) is 0 Å². The van der Waals surface area contributed by atoms with E-state index in [1.54, 1.807) is 7.11 Å². The molecule has 0 radical (unpaired) electrons. The van der Waals surface area contributed by atoms with Crippen LogP contribution in [-0.2, 0) is 11.2 Å². The van der Waals surface area contributed by atoms with Crippen molar-refractivity contribution in [3.05, 3.63) is 29.5 Å². The smallest absolute Gasteiger partial charge is 0.203 e. The molecule has 0 saturated heterocycles. The highest BCUT2D eigenvalue weighted by atomic mass is 32.1. The molecular formula is C14H21N3O2S. The molecule has 1 atom stereocenters. The van der Waals surface area contributed by atoms with Gasteiger partial charge >= 0.3 is 0 Å². The minimum Gasteiger partial charge on any atom is -0.464 e. The topological polar surface area (TPSA) is 60.2 Å². The lowest BCUT2D eigenvalue weighted by Gasteiger charge is -2.14. The predicted octanol–water partition coefficient (Wildman–Crippen LogP) is 3.44. The first-order valence-corrected chi connectivity index (χ1v) is 7.50. The van der Waals surface area contributed by atoms with Gasteiger partial charge in [0.2, 0.25) is 5.13 Å². The van der Waals surface area contributed by atoms with E-state index in [4.69, 9.17) is 9.15 Å². The van der Waals surface area contributed by atoms with Crippen LogP contribution in [0.25, 0.3) is 0 Å². The van der Waals surface area contributed by atoms with Crippen molar-refractivity contribution < 1.29 is 9.15 Å². The SMILES string of the molecule is COCC(Nc1nc(CC(C)C)ns1)c1ccc(C)o1. The lowest BCUT2D eigenvalue weighted by Crippen LogP contribution is -2.15. The molecule has 0 amide bonds. The Morgan fingerprint density at radius 2 is 2.20 bits per heavy atom. The van der Waals surface area contributed by atoms with Gasteiger partial charge in [-0.05, 0) is 25.0 Å². The molecule has 0 aliphatic carbocycles. The Morgan fingerprint density at radius 3 is 2.80 bits per heavy atom. The molecular weight excluding hydrogens is 274 g/mol. The number of aryl methyl sites for hydroxylation is 1. The normalized spacial score (nSPS) is 12.8. The van der Waals surface area contributed by atoms with Crippen molar-refractivity contribution in [2.75, 3.05) is 19.0 Å². The van der Waals surface area contributed by atoms with Gasteiger partial charge in [-0.25, -0.2) is 4.98 Å². The number of nitrogens with one attached hydrogen (secondary N) is 1. The molecule has 110 valence electrons. The van der Waals surface area contributed by atoms with Crippen molar-refractivity contribution in [2.45, 2.75) is 33.2 Å². The van der Waals surface area contributed by atoms with Gasteiger partial charge < -0.3 is 14.5 Å². The maximum absolute atomic E-state index is 5.66. The van der Waals surface area contributed by atoms with Crippen LogP contribution in [0.4, 0.5) is 5.13 Å². The van der Waals surface area contributed by atoms with Gasteiger partial charge in [0.25, 0.3) is 0 Å². The lowest BCUT2D eigenvalue weighted by molar-refractivity contribution is 0.178. The van der Waals surface area contributed by atoms with Gasteiger partial charge in [-0.2, -0.15) is 4.37 Å². The first-order valence-electron chi connectivity index (χ1n) is 6.73. The van der Waals surface area contributed by atoms with E-state index in [-0.39, 0.29) is 6.04 Å². The van der Waals surface area contributed by atoms with Crippen LogP contribution in [-0.4, -0.2) is 23.1 Å². The van der Waals surface area contributed by atoms with E-state index in [1.165, 1.54) is 11.5 Å². The Kier molecular flexibility index (Phi) is 5.14. The summed E-state index contributed by atoms with van der Waals surface area (Å²) < 4.78 is 15.3. The zero-order valence-corrected chi connectivity index (χ0v) is 13.2. The zero-order valence-electron chi connectivity index (χ0n) is 12.3. The van der Waals surface area contributed by atoms with Crippen LogP contribution in [0.15, 0.2) is 16.5 Å². The maximum atomic E-state index is 5.66. The summed E-state index contributed by atoms with van der Waals surface area (Å²) in [7, 11) is 1.68. The molecule has 0 aromatic carbocycles. The van der Waals surface area contributed by atoms with Crippen molar-refractivity contribution in [3.63, 3.8) is 0 Å². The van der Waals surface area contributed by atoms with Gasteiger partial charge in [0.1, 0.15) is 23.4 Å². The third-order valence-electron chi connectivity index (χ3n) is 2.79. The van der Waals surface area contributed by atoms with Crippen molar-refractivity contribution >= 4 is 16.7 Å². The Morgan fingerprint density at radius 1 is 1.40 bits per heavy atom. The minimum atomic E-state index is -0.0476. The molecule has 0 fully saturated rings. The van der Waals surface area contributed by atoms with Gasteiger partial charge in [0.05, 0.1) is 6.61 Å². The second-order valence-electron chi connectivity index (χ2n) is 5.21. The van der Waals surface area contributed by atoms with Gasteiger partial charge in [-0.15, -0.1) is 0 Å². The van der Waals surface area contributed by atoms with E-state index in [0.717, 1.165) is 28.9 Å². The highest BCUT2D eigenvalue weighted by molar-refractivity contribution is 7.09. The fourth-order valence-electron chi connectivity index (χ4n) is 1.91. The number of anilines is 1. The summed E-state index contributed by atoms with van der Waals surface area (Å²) in [5.41, 5.74) is 0. The molecule has 0 aliphatic rings. The van der Waals surface area contributed by atoms with Crippen LogP contribution < -0.4 is 5.32 Å². The number of furan rings is 1. The average Bonchev–Trinajstić information content (AvgIpc) is 2.97. The Hall–Kier alpha value is -1.40. The molecule has 20 heavy (non-hydrogen) atoms. The van der Waals surface area contributed by atoms with E-state index >= 15 is 0 Å². The number of hydrogen-bond donors (Lipinski definition) is 1. The summed E-state index contributed by atoms with van der Waals surface area (Å²) in [6, 6.07) is 3.86. The van der Waals surface area contributed by atoms with E-state index in [9.17, 15) is 0 Å². The number of rotatable bonds is 7. The Labute approximate surface area is 123 Å². The summed E-state index contributed by atoms with van der Waals surface area (Å²) >= 11 is 1.38. The van der Waals surface area contributed by atoms with Crippen molar-refractivity contribution in [1.82, 2.24) is 9.36 Å². The molecule has 2 rings (SSSR count). The fourth-order valence-corrected chi connectivity index (χ4v) is 2.56. The zero-order chi connectivity index (χ0) is 14.5. The van der Waals surface area contributed by atoms with Crippen LogP contribution in [0.1, 0.15) is 37.2 Å². The van der Waals surface area contributed by atoms with E-state index in [1.807, 2.05) is 19.1 Å². The highest BCUT2D eigenvalue weighted by Gasteiger charge is 2.17. The van der Waals surface area contributed by atoms with E-state index in [0.29, 0.717) is 12.5 Å². The van der Waals surface area contributed by atoms with Crippen LogP contribution >= 0.6 is 11.5 Å². The Bertz CT molecular complexity index is 536. The van der Waals surface area contributed by atoms with Gasteiger partial charge in [-0.1, -0.05) is 13.8 Å². The molecule has 0 saturated carbocycles. The number of hydrogen-bond acceptors (Lipinski definition) is 6. The van der Waals surface area contributed by atoms with Crippen LogP contribution in [0.2, 0.25) is 0 Å². The van der Waals surface area contributed by atoms with E-state index < -0.39 is 0 Å². The molecule has 0 spiro atoms. The molecule has 0 aliphatic heterocycles. The van der Waals surface area contributed by atoms with Gasteiger partial charge in [0, 0.05) is 25.1 Å². The minimum absolute atomic E-state index is 0.0476. The largest absolute Gasteiger partial charge is 0.464 e. The molecule has 6 heteroatoms. The summed E-state index contributed by atoms with van der Waals surface area (Å²) in [5, 5.41) is 4.13. The molecule has 0 bridgehead atoms. The first-order chi connectivity index (χ1) is 9.58. The number of ether oxygens (including phenoxy) is 1. The third-order valence-corrected chi connectivity index (χ3v) is 3.48. The maximum Gasteiger partial charge on any atom is 0.203 e. The quantitative estimate of drug-likeness (QED) is 0.848. The molecule has 2 aromatic rings. The van der Waals surface area contributed by atoms with Crippen molar-refractivity contribution in [2.24, 2.45) is 5.92 Å². The highest BCUT2D eigenvalue weighted by Crippen LogP contribution is 2.23. The second-order valence-corrected chi connectivity index (χ2v) is 5.97. The summed E-state index contributed by atoms with van der Waals surface area (Å²) in [6.07, 6.45) is 0.896. The van der Waals surface area contributed by atoms with Crippen molar-refractivity contribution in [3.8, 4) is 0 Å². The molecule has 2 aromatic heterocycles. The van der Waals surface area contributed by atoms with Crippen LogP contribution in [0.5, 0.6) is 0 Å². The average molecular weight is 295 g/mol. The standard InChI is InChI=1S/C14H21N3O2S/c1-9(2)7-13-16-14(20-17-13)15-11(8-18-4)12-6-5-10(3)19-12/h5-6,9,11H,7-8H2,1-4H3,(H,15,16,17). The first kappa shape index (κ1) is 15.0. The monoisotopic (exact) mass is 295 g/mol. The fraction of sp³-hybridized carbons (Fsp3) is 0.571. The molecule has 1 unspecified atom stereocenters. The molecule has 5 nitrogen and oxygen atoms in total. The Balaban J connectivity index is 2.06. The third kappa shape index (κ3) is 4.05. The van der Waals surface area contributed by atoms with Crippen LogP contribution in [0, 0.1) is 12.8 Å². The van der Waals surface area contributed by atoms with Crippen LogP contribution in [0.3, 0.4) is 0 Å². The molecule has 2 heterocycles. The lowest BCUT2D eigenvalue weighted by atomic mass is 10.1. The summed E-state index contributed by atoms with van der Waals surface area (Å²) in [5.74, 6) is 3.19. The molecule has 1 N–H and O–H groups in total. The van der Waals surface area contributed by atoms with Gasteiger partial charge in [0.15, 0.2) is 0 Å². The number of nitrogens with zero attached hydrogens (tertiary/aromatic N) is 2. The number of aromatic nitrogens is 2.